The predicted molar refractivity (Wildman–Crippen MR) is 44.3 cm³/mol. The molecule has 0 saturated heterocycles. The molecule has 1 saturated carbocycles. The fraction of sp³-hybridized carbons (Fsp3) is 0.625. The summed E-state index contributed by atoms with van der Waals surface area (Å²) in [5, 5.41) is 4.24. The lowest BCUT2D eigenvalue weighted by molar-refractivity contribution is 0.651. The Morgan fingerprint density at radius 3 is 2.91 bits per heavy atom. The summed E-state index contributed by atoms with van der Waals surface area (Å²) < 4.78 is 1.96. The van der Waals surface area contributed by atoms with Crippen molar-refractivity contribution < 1.29 is 0 Å². The Hall–Kier alpha value is -0.990. The van der Waals surface area contributed by atoms with Crippen molar-refractivity contribution in [2.75, 3.05) is 5.73 Å². The molecule has 0 unspecified atom stereocenters. The molecular weight excluding hydrogens is 138 g/mol. The molecule has 0 aliphatic heterocycles. The molecule has 0 amide bonds. The Morgan fingerprint density at radius 2 is 2.45 bits per heavy atom. The van der Waals surface area contributed by atoms with Gasteiger partial charge in [-0.15, -0.1) is 0 Å². The molecule has 0 radical (unpaired) electrons. The second-order valence-corrected chi connectivity index (χ2v) is 3.08. The van der Waals surface area contributed by atoms with E-state index in [1.807, 2.05) is 10.9 Å². The van der Waals surface area contributed by atoms with E-state index in [0.29, 0.717) is 6.04 Å². The Kier molecular flexibility index (Phi) is 1.37. The molecule has 1 fully saturated rings. The molecule has 3 heteroatoms. The van der Waals surface area contributed by atoms with Gasteiger partial charge in [-0.2, -0.15) is 5.10 Å². The highest BCUT2D eigenvalue weighted by Crippen LogP contribution is 2.36. The van der Waals surface area contributed by atoms with Crippen LogP contribution >= 0.6 is 0 Å². The van der Waals surface area contributed by atoms with Crippen LogP contribution in [0, 0.1) is 0 Å². The average molecular weight is 151 g/mol. The maximum atomic E-state index is 5.86. The number of nitrogens with two attached hydrogens (primary N) is 1. The molecule has 0 spiro atoms. The molecule has 11 heavy (non-hydrogen) atoms. The fourth-order valence-electron chi connectivity index (χ4n) is 1.29. The van der Waals surface area contributed by atoms with Gasteiger partial charge in [-0.25, -0.2) is 4.68 Å². The van der Waals surface area contributed by atoms with E-state index in [2.05, 4.69) is 12.0 Å². The monoisotopic (exact) mass is 151 g/mol. The first-order valence-corrected chi connectivity index (χ1v) is 4.14. The minimum Gasteiger partial charge on any atom is -0.384 e. The molecule has 0 bridgehead atoms. The third kappa shape index (κ3) is 1.00. The van der Waals surface area contributed by atoms with Crippen LogP contribution < -0.4 is 5.73 Å². The van der Waals surface area contributed by atoms with Crippen molar-refractivity contribution in [2.24, 2.45) is 0 Å². The maximum absolute atomic E-state index is 5.86. The average Bonchev–Trinajstić information content (AvgIpc) is 2.77. The molecule has 0 atom stereocenters. The van der Waals surface area contributed by atoms with E-state index in [4.69, 9.17) is 5.73 Å². The zero-order valence-corrected chi connectivity index (χ0v) is 6.75. The van der Waals surface area contributed by atoms with E-state index >= 15 is 0 Å². The summed E-state index contributed by atoms with van der Waals surface area (Å²) in [5.74, 6) is 0.870. The van der Waals surface area contributed by atoms with Gasteiger partial charge in [-0.3, -0.25) is 0 Å². The molecule has 1 heterocycles. The lowest BCUT2D eigenvalue weighted by Gasteiger charge is -2.00. The predicted octanol–water partition coefficient (Wildman–Crippen LogP) is 1.36. The first-order valence-electron chi connectivity index (χ1n) is 4.14. The lowest BCUT2D eigenvalue weighted by Crippen LogP contribution is -2.02. The molecule has 60 valence electrons. The number of nitrogens with zero attached hydrogens (tertiary/aromatic N) is 2. The highest BCUT2D eigenvalue weighted by Gasteiger charge is 2.26. The van der Waals surface area contributed by atoms with Crippen molar-refractivity contribution >= 4 is 5.82 Å². The topological polar surface area (TPSA) is 43.8 Å². The first-order chi connectivity index (χ1) is 5.33. The fourth-order valence-corrected chi connectivity index (χ4v) is 1.29. The van der Waals surface area contributed by atoms with Gasteiger partial charge in [0, 0.05) is 5.56 Å². The number of nitrogen functional groups attached to an aromatic ring is 1. The summed E-state index contributed by atoms with van der Waals surface area (Å²) in [6, 6.07) is 0.607. The second kappa shape index (κ2) is 2.26. The van der Waals surface area contributed by atoms with Gasteiger partial charge in [0.15, 0.2) is 0 Å². The third-order valence-corrected chi connectivity index (χ3v) is 2.19. The van der Waals surface area contributed by atoms with E-state index in [9.17, 15) is 0 Å². The van der Waals surface area contributed by atoms with Crippen LogP contribution in [0.4, 0.5) is 5.82 Å². The highest BCUT2D eigenvalue weighted by molar-refractivity contribution is 5.39. The van der Waals surface area contributed by atoms with Gasteiger partial charge in [0.05, 0.1) is 12.2 Å². The van der Waals surface area contributed by atoms with Gasteiger partial charge < -0.3 is 5.73 Å². The normalized spacial score (nSPS) is 17.2. The van der Waals surface area contributed by atoms with Gasteiger partial charge >= 0.3 is 0 Å². The van der Waals surface area contributed by atoms with Gasteiger partial charge in [0.25, 0.3) is 0 Å². The van der Waals surface area contributed by atoms with Gasteiger partial charge in [-0.05, 0) is 19.3 Å². The van der Waals surface area contributed by atoms with E-state index in [1.165, 1.54) is 18.4 Å². The number of hydrogen-bond acceptors (Lipinski definition) is 2. The van der Waals surface area contributed by atoms with Gasteiger partial charge in [0.2, 0.25) is 0 Å². The van der Waals surface area contributed by atoms with Crippen molar-refractivity contribution in [2.45, 2.75) is 32.2 Å². The van der Waals surface area contributed by atoms with Crippen molar-refractivity contribution in [1.29, 1.82) is 0 Å². The van der Waals surface area contributed by atoms with Crippen molar-refractivity contribution in [3.8, 4) is 0 Å². The quantitative estimate of drug-likeness (QED) is 0.693. The van der Waals surface area contributed by atoms with Crippen LogP contribution in [-0.2, 0) is 6.42 Å². The van der Waals surface area contributed by atoms with Crippen LogP contribution in [0.3, 0.4) is 0 Å². The van der Waals surface area contributed by atoms with E-state index in [1.54, 1.807) is 0 Å². The van der Waals surface area contributed by atoms with E-state index in [-0.39, 0.29) is 0 Å². The summed E-state index contributed by atoms with van der Waals surface area (Å²) in [4.78, 5) is 0. The molecule has 2 rings (SSSR count). The lowest BCUT2D eigenvalue weighted by atomic mass is 10.3. The zero-order valence-electron chi connectivity index (χ0n) is 6.75. The summed E-state index contributed by atoms with van der Waals surface area (Å²) in [6.45, 7) is 2.10. The van der Waals surface area contributed by atoms with Gasteiger partial charge in [-0.1, -0.05) is 6.92 Å². The molecule has 0 aromatic carbocycles. The largest absolute Gasteiger partial charge is 0.384 e. The number of hydrogen-bond donors (Lipinski definition) is 1. The second-order valence-electron chi connectivity index (χ2n) is 3.08. The van der Waals surface area contributed by atoms with Crippen molar-refractivity contribution in [1.82, 2.24) is 9.78 Å². The van der Waals surface area contributed by atoms with Crippen LogP contribution in [0.15, 0.2) is 6.20 Å². The van der Waals surface area contributed by atoms with Crippen molar-refractivity contribution in [3.63, 3.8) is 0 Å². The molecule has 3 nitrogen and oxygen atoms in total. The molecular formula is C8H13N3. The first kappa shape index (κ1) is 6.70. The maximum Gasteiger partial charge on any atom is 0.125 e. The van der Waals surface area contributed by atoms with E-state index in [0.717, 1.165) is 12.2 Å². The van der Waals surface area contributed by atoms with E-state index < -0.39 is 0 Å². The van der Waals surface area contributed by atoms with Gasteiger partial charge in [0.1, 0.15) is 5.82 Å². The third-order valence-electron chi connectivity index (χ3n) is 2.19. The SMILES string of the molecule is CCc1cnn(C2CC2)c1N. The highest BCUT2D eigenvalue weighted by atomic mass is 15.3. The Labute approximate surface area is 66.2 Å². The Morgan fingerprint density at radius 1 is 1.73 bits per heavy atom. The number of aryl methyl sites for hydroxylation is 1. The number of aromatic nitrogens is 2. The molecule has 1 aliphatic rings. The minimum atomic E-state index is 0.607. The molecule has 2 N–H and O–H groups in total. The van der Waals surface area contributed by atoms with Crippen LogP contribution in [0.1, 0.15) is 31.4 Å². The Balaban J connectivity index is 2.33. The molecule has 1 aliphatic carbocycles. The standard InChI is InChI=1S/C8H13N3/c1-2-6-5-10-11(8(6)9)7-3-4-7/h5,7H,2-4,9H2,1H3. The van der Waals surface area contributed by atoms with Crippen LogP contribution in [0.5, 0.6) is 0 Å². The number of rotatable bonds is 2. The summed E-state index contributed by atoms with van der Waals surface area (Å²) in [5.41, 5.74) is 7.03. The summed E-state index contributed by atoms with van der Waals surface area (Å²) in [6.07, 6.45) is 5.36. The van der Waals surface area contributed by atoms with Crippen LogP contribution in [0.25, 0.3) is 0 Å². The summed E-state index contributed by atoms with van der Waals surface area (Å²) in [7, 11) is 0. The summed E-state index contributed by atoms with van der Waals surface area (Å²) >= 11 is 0. The Bertz CT molecular complexity index is 260. The molecule has 1 aromatic heterocycles. The number of anilines is 1. The zero-order chi connectivity index (χ0) is 7.84. The smallest absolute Gasteiger partial charge is 0.125 e. The van der Waals surface area contributed by atoms with Crippen LogP contribution in [0.2, 0.25) is 0 Å². The molecule has 1 aromatic rings. The minimum absolute atomic E-state index is 0.607. The van der Waals surface area contributed by atoms with Crippen molar-refractivity contribution in [3.05, 3.63) is 11.8 Å². The van der Waals surface area contributed by atoms with Crippen LogP contribution in [-0.4, -0.2) is 9.78 Å².